The van der Waals surface area contributed by atoms with E-state index in [2.05, 4.69) is 47.0 Å². The molecular weight excluding hydrogens is 556 g/mol. The van der Waals surface area contributed by atoms with Crippen molar-refractivity contribution in [2.45, 2.75) is 52.4 Å². The summed E-state index contributed by atoms with van der Waals surface area (Å²) in [5.74, 6) is 1.85. The van der Waals surface area contributed by atoms with Gasteiger partial charge in [-0.1, -0.05) is 103 Å². The van der Waals surface area contributed by atoms with Gasteiger partial charge in [0, 0.05) is 18.5 Å². The molecule has 234 valence electrons. The highest BCUT2D eigenvalue weighted by atomic mass is 16.5. The van der Waals surface area contributed by atoms with Gasteiger partial charge in [-0.3, -0.25) is 4.79 Å². The normalized spacial score (nSPS) is 13.1. The van der Waals surface area contributed by atoms with Crippen molar-refractivity contribution in [1.29, 1.82) is 0 Å². The van der Waals surface area contributed by atoms with Crippen molar-refractivity contribution in [3.8, 4) is 5.75 Å². The standard InChI is InChI=1S/C40H46N2O3/c1-4-15-39(31(2)44-29-32-16-8-5-9-17-32)34(24-25-41-3)26-37(43)28-40(42-36-21-12-7-13-22-36)35-20-14-23-38(27-35)45-30-33-18-10-6-11-19-33/h4-23,27,34,40-42H,24-26,28-30H2,1-3H3/b15-4-,39-31-. The Bertz CT molecular complexity index is 1500. The highest BCUT2D eigenvalue weighted by molar-refractivity contribution is 5.80. The average molecular weight is 603 g/mol. The smallest absolute Gasteiger partial charge is 0.135 e. The fourth-order valence-corrected chi connectivity index (χ4v) is 5.39. The van der Waals surface area contributed by atoms with Crippen molar-refractivity contribution in [1.82, 2.24) is 5.32 Å². The van der Waals surface area contributed by atoms with Crippen LogP contribution in [0.5, 0.6) is 5.75 Å². The number of ketones is 1. The molecule has 2 atom stereocenters. The zero-order valence-electron chi connectivity index (χ0n) is 26.7. The Hall–Kier alpha value is -4.61. The summed E-state index contributed by atoms with van der Waals surface area (Å²) in [5.41, 5.74) is 5.27. The summed E-state index contributed by atoms with van der Waals surface area (Å²) >= 11 is 0. The largest absolute Gasteiger partial charge is 0.493 e. The van der Waals surface area contributed by atoms with E-state index in [9.17, 15) is 4.79 Å². The second kappa shape index (κ2) is 18.3. The molecular formula is C40H46N2O3. The summed E-state index contributed by atoms with van der Waals surface area (Å²) in [6.45, 7) is 5.80. The SMILES string of the molecule is C/C=C\C(=C(/C)OCc1ccccc1)C(CCNC)CC(=O)CC(Nc1ccccc1)c1cccc(OCc2ccccc2)c1. The third-order valence-corrected chi connectivity index (χ3v) is 7.76. The summed E-state index contributed by atoms with van der Waals surface area (Å²) < 4.78 is 12.4. The van der Waals surface area contributed by atoms with Crippen molar-refractivity contribution in [2.24, 2.45) is 5.92 Å². The molecule has 0 radical (unpaired) electrons. The van der Waals surface area contributed by atoms with E-state index in [1.165, 1.54) is 0 Å². The van der Waals surface area contributed by atoms with Crippen LogP contribution in [-0.4, -0.2) is 19.4 Å². The zero-order chi connectivity index (χ0) is 31.7. The molecule has 0 bridgehead atoms. The molecule has 4 aromatic rings. The van der Waals surface area contributed by atoms with E-state index in [4.69, 9.17) is 9.47 Å². The number of para-hydroxylation sites is 1. The van der Waals surface area contributed by atoms with Crippen LogP contribution < -0.4 is 15.4 Å². The van der Waals surface area contributed by atoms with Crippen molar-refractivity contribution >= 4 is 11.5 Å². The highest BCUT2D eigenvalue weighted by Gasteiger charge is 2.23. The minimum atomic E-state index is -0.213. The van der Waals surface area contributed by atoms with Gasteiger partial charge in [0.2, 0.25) is 0 Å². The first-order valence-corrected chi connectivity index (χ1v) is 15.8. The lowest BCUT2D eigenvalue weighted by atomic mass is 9.87. The lowest BCUT2D eigenvalue weighted by Gasteiger charge is -2.24. The number of benzene rings is 4. The number of ether oxygens (including phenoxy) is 2. The van der Waals surface area contributed by atoms with Gasteiger partial charge >= 0.3 is 0 Å². The second-order valence-electron chi connectivity index (χ2n) is 11.2. The molecule has 2 N–H and O–H groups in total. The number of carbonyl (C=O) groups excluding carboxylic acids is 1. The van der Waals surface area contributed by atoms with Crippen molar-refractivity contribution < 1.29 is 14.3 Å². The number of rotatable bonds is 18. The molecule has 0 aliphatic rings. The molecule has 0 saturated carbocycles. The lowest BCUT2D eigenvalue weighted by molar-refractivity contribution is -0.120. The van der Waals surface area contributed by atoms with Crippen LogP contribution in [0.25, 0.3) is 0 Å². The first kappa shape index (κ1) is 33.3. The fraction of sp³-hybridized carbons (Fsp3) is 0.275. The molecule has 0 heterocycles. The Labute approximate surface area is 269 Å². The maximum absolute atomic E-state index is 13.9. The molecule has 5 nitrogen and oxygen atoms in total. The molecule has 0 aliphatic carbocycles. The van der Waals surface area contributed by atoms with Crippen molar-refractivity contribution in [2.75, 3.05) is 18.9 Å². The zero-order valence-corrected chi connectivity index (χ0v) is 26.7. The number of allylic oxidation sites excluding steroid dienone is 4. The molecule has 4 aromatic carbocycles. The van der Waals surface area contributed by atoms with Crippen molar-refractivity contribution in [3.63, 3.8) is 0 Å². The van der Waals surface area contributed by atoms with Gasteiger partial charge in [-0.2, -0.15) is 0 Å². The van der Waals surface area contributed by atoms with Crippen LogP contribution in [0, 0.1) is 5.92 Å². The quantitative estimate of drug-likeness (QED) is 0.0879. The van der Waals surface area contributed by atoms with Crippen molar-refractivity contribution in [3.05, 3.63) is 155 Å². The molecule has 0 aromatic heterocycles. The third kappa shape index (κ3) is 11.1. The number of anilines is 1. The number of hydrogen-bond donors (Lipinski definition) is 2. The Morgan fingerprint density at radius 2 is 1.44 bits per heavy atom. The first-order valence-electron chi connectivity index (χ1n) is 15.8. The molecule has 0 aliphatic heterocycles. The summed E-state index contributed by atoms with van der Waals surface area (Å²) in [6, 6.07) is 38.2. The Kier molecular flexibility index (Phi) is 13.5. The van der Waals surface area contributed by atoms with Gasteiger partial charge in [-0.15, -0.1) is 0 Å². The van der Waals surface area contributed by atoms with E-state index in [-0.39, 0.29) is 17.7 Å². The van der Waals surface area contributed by atoms with E-state index < -0.39 is 0 Å². The van der Waals surface area contributed by atoms with Crippen LogP contribution in [0.2, 0.25) is 0 Å². The molecule has 45 heavy (non-hydrogen) atoms. The van der Waals surface area contributed by atoms with Gasteiger partial charge in [0.05, 0.1) is 11.8 Å². The average Bonchev–Trinajstić information content (AvgIpc) is 3.08. The molecule has 4 rings (SSSR count). The molecule has 0 saturated heterocycles. The van der Waals surface area contributed by atoms with E-state index in [1.807, 2.05) is 112 Å². The number of Topliss-reactive ketones (excluding diaryl/α,β-unsaturated/α-hetero) is 1. The van der Waals surface area contributed by atoms with Crippen LogP contribution in [0.4, 0.5) is 5.69 Å². The van der Waals surface area contributed by atoms with Crippen LogP contribution in [0.1, 0.15) is 55.8 Å². The molecule has 5 heteroatoms. The minimum Gasteiger partial charge on any atom is -0.493 e. The van der Waals surface area contributed by atoms with Gasteiger partial charge < -0.3 is 20.1 Å². The van der Waals surface area contributed by atoms with Gasteiger partial charge in [0.15, 0.2) is 0 Å². The van der Waals surface area contributed by atoms with Crippen LogP contribution in [-0.2, 0) is 22.7 Å². The monoisotopic (exact) mass is 602 g/mol. The van der Waals surface area contributed by atoms with Gasteiger partial charge in [-0.05, 0) is 86.3 Å². The lowest BCUT2D eigenvalue weighted by Crippen LogP contribution is -2.21. The van der Waals surface area contributed by atoms with E-state index in [1.54, 1.807) is 0 Å². The van der Waals surface area contributed by atoms with Crippen LogP contribution in [0.15, 0.2) is 139 Å². The molecule has 0 amide bonds. The maximum atomic E-state index is 13.9. The molecule has 0 spiro atoms. The van der Waals surface area contributed by atoms with E-state index in [0.717, 1.165) is 52.4 Å². The number of nitrogens with one attached hydrogen (secondary N) is 2. The van der Waals surface area contributed by atoms with Crippen LogP contribution >= 0.6 is 0 Å². The van der Waals surface area contributed by atoms with Gasteiger partial charge in [0.25, 0.3) is 0 Å². The topological polar surface area (TPSA) is 59.6 Å². The Morgan fingerprint density at radius 3 is 2.09 bits per heavy atom. The van der Waals surface area contributed by atoms with Crippen LogP contribution in [0.3, 0.4) is 0 Å². The highest BCUT2D eigenvalue weighted by Crippen LogP contribution is 2.30. The van der Waals surface area contributed by atoms with E-state index in [0.29, 0.717) is 26.1 Å². The first-order chi connectivity index (χ1) is 22.1. The summed E-state index contributed by atoms with van der Waals surface area (Å²) in [4.78, 5) is 13.9. The van der Waals surface area contributed by atoms with Gasteiger partial charge in [-0.25, -0.2) is 0 Å². The fourth-order valence-electron chi connectivity index (χ4n) is 5.39. The molecule has 0 fully saturated rings. The predicted octanol–water partition coefficient (Wildman–Crippen LogP) is 9.06. The number of carbonyl (C=O) groups is 1. The van der Waals surface area contributed by atoms with E-state index >= 15 is 0 Å². The minimum absolute atomic E-state index is 0.0230. The predicted molar refractivity (Wildman–Crippen MR) is 185 cm³/mol. The van der Waals surface area contributed by atoms with Gasteiger partial charge in [0.1, 0.15) is 24.7 Å². The summed E-state index contributed by atoms with van der Waals surface area (Å²) in [6.07, 6.45) is 5.72. The maximum Gasteiger partial charge on any atom is 0.135 e. The third-order valence-electron chi connectivity index (χ3n) is 7.76. The molecule has 2 unspecified atom stereocenters. The summed E-state index contributed by atoms with van der Waals surface area (Å²) in [5, 5.41) is 6.89. The Morgan fingerprint density at radius 1 is 0.800 bits per heavy atom. The number of hydrogen-bond acceptors (Lipinski definition) is 5. The second-order valence-corrected chi connectivity index (χ2v) is 11.2. The summed E-state index contributed by atoms with van der Waals surface area (Å²) in [7, 11) is 1.95. The Balaban J connectivity index is 1.53.